The zero-order chi connectivity index (χ0) is 9.97. The van der Waals surface area contributed by atoms with Gasteiger partial charge in [-0.2, -0.15) is 5.10 Å². The molecule has 4 heteroatoms. The maximum absolute atomic E-state index is 5.85. The molecule has 0 radical (unpaired) electrons. The van der Waals surface area contributed by atoms with E-state index in [0.717, 1.165) is 16.9 Å². The predicted octanol–water partition coefficient (Wildman–Crippen LogP) is 3.34. The summed E-state index contributed by atoms with van der Waals surface area (Å²) in [6.45, 7) is 1.97. The molecule has 0 aliphatic rings. The third kappa shape index (κ3) is 2.52. The van der Waals surface area contributed by atoms with Crippen molar-refractivity contribution in [3.05, 3.63) is 47.8 Å². The van der Waals surface area contributed by atoms with Gasteiger partial charge in [0.1, 0.15) is 0 Å². The molecule has 0 aliphatic heterocycles. The van der Waals surface area contributed by atoms with E-state index < -0.39 is 0 Å². The van der Waals surface area contributed by atoms with Crippen LogP contribution < -0.4 is 0 Å². The molecule has 0 saturated carbocycles. The molecule has 1 aromatic heterocycles. The molecular weight excluding hydrogens is 231 g/mol. The van der Waals surface area contributed by atoms with Crippen LogP contribution in [0, 0.1) is 6.92 Å². The summed E-state index contributed by atoms with van der Waals surface area (Å²) in [6.07, 6.45) is 1.95. The molecule has 0 N–H and O–H groups in total. The van der Waals surface area contributed by atoms with Crippen molar-refractivity contribution in [2.45, 2.75) is 12.8 Å². The van der Waals surface area contributed by atoms with E-state index >= 15 is 0 Å². The number of nitrogens with zero attached hydrogens (tertiary/aromatic N) is 2. The second-order valence-electron chi connectivity index (χ2n) is 3.16. The van der Waals surface area contributed by atoms with E-state index in [9.17, 15) is 0 Å². The van der Waals surface area contributed by atoms with Gasteiger partial charge in [0.15, 0.2) is 0 Å². The second-order valence-corrected chi connectivity index (χ2v) is 3.43. The number of para-hydroxylation sites is 1. The highest BCUT2D eigenvalue weighted by Gasteiger charge is 2.02. The first-order valence-corrected chi connectivity index (χ1v) is 5.01. The van der Waals surface area contributed by atoms with Crippen LogP contribution in [0.3, 0.4) is 0 Å². The van der Waals surface area contributed by atoms with E-state index in [1.54, 1.807) is 0 Å². The van der Waals surface area contributed by atoms with Crippen LogP contribution in [0.15, 0.2) is 36.5 Å². The lowest BCUT2D eigenvalue weighted by molar-refractivity contribution is 0.854. The number of benzene rings is 1. The molecule has 0 unspecified atom stereocenters. The van der Waals surface area contributed by atoms with Gasteiger partial charge >= 0.3 is 0 Å². The Labute approximate surface area is 100 Å². The maximum Gasteiger partial charge on any atom is 0.0689 e. The Morgan fingerprint density at radius 1 is 1.27 bits per heavy atom. The third-order valence-corrected chi connectivity index (χ3v) is 2.39. The van der Waals surface area contributed by atoms with Crippen molar-refractivity contribution < 1.29 is 0 Å². The van der Waals surface area contributed by atoms with Crippen molar-refractivity contribution in [1.82, 2.24) is 9.78 Å². The minimum absolute atomic E-state index is 0. The molecule has 2 nitrogen and oxygen atoms in total. The first-order valence-electron chi connectivity index (χ1n) is 4.48. The lowest BCUT2D eigenvalue weighted by Crippen LogP contribution is -1.98. The van der Waals surface area contributed by atoms with Crippen LogP contribution in [0.5, 0.6) is 0 Å². The fourth-order valence-corrected chi connectivity index (χ4v) is 1.62. The summed E-state index contributed by atoms with van der Waals surface area (Å²) >= 11 is 5.85. The molecule has 2 rings (SSSR count). The van der Waals surface area contributed by atoms with Gasteiger partial charge in [-0.05, 0) is 24.6 Å². The van der Waals surface area contributed by atoms with Crippen molar-refractivity contribution >= 4 is 24.0 Å². The molecule has 1 aromatic carbocycles. The highest BCUT2D eigenvalue weighted by Crippen LogP contribution is 2.15. The fraction of sp³-hybridized carbons (Fsp3) is 0.182. The molecule has 0 saturated heterocycles. The molecule has 15 heavy (non-hydrogen) atoms. The van der Waals surface area contributed by atoms with Crippen molar-refractivity contribution in [2.75, 3.05) is 0 Å². The Morgan fingerprint density at radius 2 is 2.00 bits per heavy atom. The van der Waals surface area contributed by atoms with Crippen LogP contribution in [0.1, 0.15) is 11.3 Å². The summed E-state index contributed by atoms with van der Waals surface area (Å²) in [5.74, 6) is 0.509. The van der Waals surface area contributed by atoms with Gasteiger partial charge in [-0.25, -0.2) is 4.68 Å². The Balaban J connectivity index is 0.00000112. The molecule has 0 atom stereocenters. The van der Waals surface area contributed by atoms with Crippen LogP contribution in [0.4, 0.5) is 0 Å². The molecule has 0 amide bonds. The summed E-state index contributed by atoms with van der Waals surface area (Å²) in [7, 11) is 0. The summed E-state index contributed by atoms with van der Waals surface area (Å²) in [5.41, 5.74) is 3.15. The number of aryl methyl sites for hydroxylation is 1. The number of halogens is 2. The van der Waals surface area contributed by atoms with E-state index in [1.165, 1.54) is 0 Å². The van der Waals surface area contributed by atoms with Crippen LogP contribution in [-0.2, 0) is 5.88 Å². The van der Waals surface area contributed by atoms with Crippen molar-refractivity contribution in [3.8, 4) is 5.69 Å². The number of rotatable bonds is 2. The quantitative estimate of drug-likeness (QED) is 0.739. The number of hydrogen-bond acceptors (Lipinski definition) is 1. The minimum atomic E-state index is 0. The van der Waals surface area contributed by atoms with Crippen LogP contribution in [0.2, 0.25) is 0 Å². The predicted molar refractivity (Wildman–Crippen MR) is 65.1 cm³/mol. The Kier molecular flexibility index (Phi) is 4.18. The molecular formula is C11H12Cl2N2. The van der Waals surface area contributed by atoms with E-state index in [0.29, 0.717) is 5.88 Å². The summed E-state index contributed by atoms with van der Waals surface area (Å²) < 4.78 is 1.85. The van der Waals surface area contributed by atoms with Gasteiger partial charge < -0.3 is 0 Å². The number of alkyl halides is 1. The molecule has 1 heterocycles. The van der Waals surface area contributed by atoms with E-state index in [1.807, 2.05) is 48.1 Å². The topological polar surface area (TPSA) is 17.8 Å². The summed E-state index contributed by atoms with van der Waals surface area (Å²) in [6, 6.07) is 9.98. The number of aromatic nitrogens is 2. The molecule has 0 bridgehead atoms. The molecule has 0 aliphatic carbocycles. The highest BCUT2D eigenvalue weighted by atomic mass is 35.5. The van der Waals surface area contributed by atoms with Crippen molar-refractivity contribution in [2.24, 2.45) is 0 Å². The molecule has 2 aromatic rings. The van der Waals surface area contributed by atoms with Gasteiger partial charge in [-0.1, -0.05) is 18.2 Å². The van der Waals surface area contributed by atoms with Crippen molar-refractivity contribution in [1.29, 1.82) is 0 Å². The van der Waals surface area contributed by atoms with Gasteiger partial charge in [0, 0.05) is 12.1 Å². The Bertz CT molecular complexity index is 438. The minimum Gasteiger partial charge on any atom is -0.240 e. The second kappa shape index (κ2) is 5.19. The van der Waals surface area contributed by atoms with E-state index in [2.05, 4.69) is 5.10 Å². The smallest absolute Gasteiger partial charge is 0.0689 e. The fourth-order valence-electron chi connectivity index (χ4n) is 1.40. The average molecular weight is 243 g/mol. The van der Waals surface area contributed by atoms with Gasteiger partial charge in [-0.15, -0.1) is 24.0 Å². The summed E-state index contributed by atoms with van der Waals surface area (Å²) in [5, 5.41) is 4.35. The van der Waals surface area contributed by atoms with Gasteiger partial charge in [0.05, 0.1) is 11.4 Å². The Hall–Kier alpha value is -0.990. The van der Waals surface area contributed by atoms with Gasteiger partial charge in [0.2, 0.25) is 0 Å². The van der Waals surface area contributed by atoms with Crippen LogP contribution in [-0.4, -0.2) is 9.78 Å². The zero-order valence-electron chi connectivity index (χ0n) is 8.35. The largest absolute Gasteiger partial charge is 0.240 e. The van der Waals surface area contributed by atoms with E-state index in [-0.39, 0.29) is 12.4 Å². The molecule has 0 spiro atoms. The SMILES string of the molecule is Cc1ccn(-c2ccccc2CCl)n1.Cl. The Morgan fingerprint density at radius 3 is 2.60 bits per heavy atom. The lowest BCUT2D eigenvalue weighted by Gasteiger charge is -2.05. The molecule has 80 valence electrons. The first-order chi connectivity index (χ1) is 6.81. The third-order valence-electron chi connectivity index (χ3n) is 2.10. The van der Waals surface area contributed by atoms with Gasteiger partial charge in [-0.3, -0.25) is 0 Å². The van der Waals surface area contributed by atoms with E-state index in [4.69, 9.17) is 11.6 Å². The molecule has 0 fully saturated rings. The number of hydrogen-bond donors (Lipinski definition) is 0. The first kappa shape index (κ1) is 12.1. The van der Waals surface area contributed by atoms with Crippen LogP contribution in [0.25, 0.3) is 5.69 Å². The normalized spacial score (nSPS) is 9.73. The lowest BCUT2D eigenvalue weighted by atomic mass is 10.2. The zero-order valence-corrected chi connectivity index (χ0v) is 9.92. The maximum atomic E-state index is 5.85. The summed E-state index contributed by atoms with van der Waals surface area (Å²) in [4.78, 5) is 0. The van der Waals surface area contributed by atoms with Crippen LogP contribution >= 0.6 is 24.0 Å². The monoisotopic (exact) mass is 242 g/mol. The van der Waals surface area contributed by atoms with Crippen molar-refractivity contribution in [3.63, 3.8) is 0 Å². The average Bonchev–Trinajstić information content (AvgIpc) is 2.65. The standard InChI is InChI=1S/C11H11ClN2.ClH/c1-9-6-7-14(13-9)11-5-3-2-4-10(11)8-12;/h2-7H,8H2,1H3;1H. The van der Waals surface area contributed by atoms with Gasteiger partial charge in [0.25, 0.3) is 0 Å². The highest BCUT2D eigenvalue weighted by molar-refractivity contribution is 6.17.